The summed E-state index contributed by atoms with van der Waals surface area (Å²) in [5, 5.41) is 12.3. The van der Waals surface area contributed by atoms with E-state index < -0.39 is 83.6 Å². The van der Waals surface area contributed by atoms with E-state index in [4.69, 9.17) is 18.9 Å². The maximum atomic E-state index is 13.2. The third-order valence-corrected chi connectivity index (χ3v) is 9.98. The van der Waals surface area contributed by atoms with Gasteiger partial charge in [0.25, 0.3) is 0 Å². The SMILES string of the molecule is COC(=O)[C@H](CSC[C@@H](NC(=O)CC[C@@H](NC(=O)[C@H](C)NC(=O)OCC1c2ccccc2-c2ccccc21)C(=O)OC)C(=O)N[C@H](C)C(=O)OC)NC(=O)OC(C)(C)C. The van der Waals surface area contributed by atoms with E-state index in [0.29, 0.717) is 0 Å². The molecule has 5 N–H and O–H groups in total. The monoisotopic (exact) mass is 843 g/mol. The molecule has 0 aromatic heterocycles. The predicted octanol–water partition coefficient (Wildman–Crippen LogP) is 2.31. The zero-order valence-corrected chi connectivity index (χ0v) is 35.2. The van der Waals surface area contributed by atoms with Crippen molar-refractivity contribution < 1.29 is 62.0 Å². The summed E-state index contributed by atoms with van der Waals surface area (Å²) in [4.78, 5) is 102. The van der Waals surface area contributed by atoms with Crippen molar-refractivity contribution in [2.24, 2.45) is 0 Å². The average Bonchev–Trinajstić information content (AvgIpc) is 3.52. The minimum atomic E-state index is -1.33. The van der Waals surface area contributed by atoms with Gasteiger partial charge in [-0.3, -0.25) is 14.4 Å². The van der Waals surface area contributed by atoms with Gasteiger partial charge in [-0.25, -0.2) is 24.0 Å². The number of fused-ring (bicyclic) bond motifs is 3. The van der Waals surface area contributed by atoms with Gasteiger partial charge in [-0.05, 0) is 63.3 Å². The van der Waals surface area contributed by atoms with Crippen LogP contribution >= 0.6 is 11.8 Å². The maximum Gasteiger partial charge on any atom is 0.408 e. The van der Waals surface area contributed by atoms with Gasteiger partial charge < -0.3 is 50.3 Å². The molecule has 0 unspecified atom stereocenters. The molecular weight excluding hydrogens is 791 g/mol. The summed E-state index contributed by atoms with van der Waals surface area (Å²) in [6.45, 7) is 7.71. The number of esters is 3. The number of ether oxygens (including phenoxy) is 5. The van der Waals surface area contributed by atoms with Crippen LogP contribution in [-0.2, 0) is 52.5 Å². The number of benzene rings is 2. The quantitative estimate of drug-likeness (QED) is 0.101. The Balaban J connectivity index is 1.60. The number of hydrogen-bond donors (Lipinski definition) is 5. The first-order chi connectivity index (χ1) is 27.9. The lowest BCUT2D eigenvalue weighted by Crippen LogP contribution is -2.53. The summed E-state index contributed by atoms with van der Waals surface area (Å²) in [6, 6.07) is 9.61. The molecule has 1 aliphatic rings. The van der Waals surface area contributed by atoms with Crippen molar-refractivity contribution in [3.63, 3.8) is 0 Å². The summed E-state index contributed by atoms with van der Waals surface area (Å²) in [6.07, 6.45) is -2.39. The molecule has 0 heterocycles. The molecule has 59 heavy (non-hydrogen) atoms. The first-order valence-electron chi connectivity index (χ1n) is 18.7. The highest BCUT2D eigenvalue weighted by Crippen LogP contribution is 2.44. The Bertz CT molecular complexity index is 1810. The molecule has 0 bridgehead atoms. The van der Waals surface area contributed by atoms with Crippen molar-refractivity contribution in [1.29, 1.82) is 0 Å². The van der Waals surface area contributed by atoms with E-state index in [1.165, 1.54) is 13.8 Å². The van der Waals surface area contributed by atoms with Crippen LogP contribution in [0.1, 0.15) is 64.5 Å². The van der Waals surface area contributed by atoms with Crippen molar-refractivity contribution in [3.8, 4) is 11.1 Å². The standard InChI is InChI=1S/C40H53N5O13S/c1-22(42-38(52)57-19-28-26-15-11-9-13-24(26)25-14-10-12-16-27(25)28)33(47)44-29(36(50)55-7)17-18-32(46)43-30(34(48)41-23(2)35(49)54-6)20-59-21-31(37(51)56-8)45-39(53)58-40(3,4)5/h9-16,22-23,28-31H,17-21H2,1-8H3,(H,41,48)(H,42,52)(H,43,46)(H,44,47)(H,45,53)/t22-,23+,29+,30+,31-/m0/s1. The zero-order valence-electron chi connectivity index (χ0n) is 34.3. The fourth-order valence-electron chi connectivity index (χ4n) is 5.91. The normalized spacial score (nSPS) is 14.3. The molecule has 0 saturated carbocycles. The van der Waals surface area contributed by atoms with Gasteiger partial charge in [-0.1, -0.05) is 48.5 Å². The van der Waals surface area contributed by atoms with E-state index in [0.717, 1.165) is 55.3 Å². The average molecular weight is 844 g/mol. The lowest BCUT2D eigenvalue weighted by Gasteiger charge is -2.24. The van der Waals surface area contributed by atoms with Gasteiger partial charge in [0.1, 0.15) is 42.4 Å². The lowest BCUT2D eigenvalue weighted by atomic mass is 9.98. The van der Waals surface area contributed by atoms with E-state index in [-0.39, 0.29) is 36.9 Å². The Morgan fingerprint density at radius 3 is 1.73 bits per heavy atom. The van der Waals surface area contributed by atoms with Gasteiger partial charge in [0.15, 0.2) is 0 Å². The number of amides is 5. The molecule has 0 fully saturated rings. The topological polar surface area (TPSA) is 243 Å². The third kappa shape index (κ3) is 14.5. The predicted molar refractivity (Wildman–Crippen MR) is 215 cm³/mol. The summed E-state index contributed by atoms with van der Waals surface area (Å²) in [5.41, 5.74) is 3.28. The minimum Gasteiger partial charge on any atom is -0.467 e. The van der Waals surface area contributed by atoms with Crippen LogP contribution in [0.2, 0.25) is 0 Å². The van der Waals surface area contributed by atoms with Gasteiger partial charge in [0.2, 0.25) is 17.7 Å². The Morgan fingerprint density at radius 1 is 0.627 bits per heavy atom. The Labute approximate surface area is 346 Å². The van der Waals surface area contributed by atoms with Gasteiger partial charge in [0, 0.05) is 23.8 Å². The maximum absolute atomic E-state index is 13.2. The van der Waals surface area contributed by atoms with Crippen LogP contribution in [0.5, 0.6) is 0 Å². The highest BCUT2D eigenvalue weighted by molar-refractivity contribution is 7.99. The largest absolute Gasteiger partial charge is 0.467 e. The Kier molecular flexibility index (Phi) is 18.0. The highest BCUT2D eigenvalue weighted by atomic mass is 32.2. The van der Waals surface area contributed by atoms with Crippen molar-refractivity contribution in [1.82, 2.24) is 26.6 Å². The number of rotatable bonds is 19. The number of methoxy groups -OCH3 is 3. The molecule has 2 aromatic carbocycles. The number of alkyl carbamates (subject to hydrolysis) is 2. The van der Waals surface area contributed by atoms with Gasteiger partial charge in [0.05, 0.1) is 21.3 Å². The molecule has 2 aromatic rings. The Morgan fingerprint density at radius 2 is 1.17 bits per heavy atom. The van der Waals surface area contributed by atoms with Crippen molar-refractivity contribution in [3.05, 3.63) is 59.7 Å². The first-order valence-corrected chi connectivity index (χ1v) is 19.9. The van der Waals surface area contributed by atoms with E-state index in [2.05, 4.69) is 31.3 Å². The van der Waals surface area contributed by atoms with E-state index in [9.17, 15) is 38.4 Å². The molecule has 0 aliphatic heterocycles. The van der Waals surface area contributed by atoms with Crippen LogP contribution < -0.4 is 26.6 Å². The summed E-state index contributed by atoms with van der Waals surface area (Å²) >= 11 is 1.000. The van der Waals surface area contributed by atoms with Gasteiger partial charge in [-0.2, -0.15) is 11.8 Å². The van der Waals surface area contributed by atoms with Crippen LogP contribution in [-0.4, -0.2) is 123 Å². The fraction of sp³-hybridized carbons (Fsp3) is 0.500. The highest BCUT2D eigenvalue weighted by Gasteiger charge is 2.32. The zero-order chi connectivity index (χ0) is 43.9. The first kappa shape index (κ1) is 47.5. The van der Waals surface area contributed by atoms with Crippen LogP contribution in [0.3, 0.4) is 0 Å². The van der Waals surface area contributed by atoms with Crippen molar-refractivity contribution in [2.75, 3.05) is 39.4 Å². The van der Waals surface area contributed by atoms with Crippen LogP contribution in [0, 0.1) is 0 Å². The molecule has 0 saturated heterocycles. The van der Waals surface area contributed by atoms with E-state index in [1.807, 2.05) is 48.5 Å². The second-order valence-electron chi connectivity index (χ2n) is 14.4. The number of carbonyl (C=O) groups excluding carboxylic acids is 8. The van der Waals surface area contributed by atoms with E-state index >= 15 is 0 Å². The van der Waals surface area contributed by atoms with Crippen LogP contribution in [0.25, 0.3) is 11.1 Å². The molecular formula is C40H53N5O13S. The molecule has 5 atom stereocenters. The number of thioether (sulfide) groups is 1. The van der Waals surface area contributed by atoms with Crippen LogP contribution in [0.15, 0.2) is 48.5 Å². The van der Waals surface area contributed by atoms with Crippen molar-refractivity contribution in [2.45, 2.75) is 89.2 Å². The number of hydrogen-bond acceptors (Lipinski definition) is 14. The van der Waals surface area contributed by atoms with E-state index in [1.54, 1.807) is 20.8 Å². The molecule has 19 heteroatoms. The summed E-state index contributed by atoms with van der Waals surface area (Å²) in [5.74, 6) is -5.12. The smallest absolute Gasteiger partial charge is 0.408 e. The fourth-order valence-corrected chi connectivity index (χ4v) is 6.97. The summed E-state index contributed by atoms with van der Waals surface area (Å²) in [7, 11) is 3.37. The molecule has 18 nitrogen and oxygen atoms in total. The number of carbonyl (C=O) groups is 8. The van der Waals surface area contributed by atoms with Gasteiger partial charge in [-0.15, -0.1) is 0 Å². The third-order valence-electron chi connectivity index (χ3n) is 8.84. The molecule has 3 rings (SSSR count). The van der Waals surface area contributed by atoms with Crippen molar-refractivity contribution >= 4 is 59.6 Å². The van der Waals surface area contributed by atoms with Crippen LogP contribution in [0.4, 0.5) is 9.59 Å². The number of nitrogens with one attached hydrogen (secondary N) is 5. The summed E-state index contributed by atoms with van der Waals surface area (Å²) < 4.78 is 25.0. The van der Waals surface area contributed by atoms with Gasteiger partial charge >= 0.3 is 30.1 Å². The Hall–Kier alpha value is -5.85. The second kappa shape index (κ2) is 22.3. The minimum absolute atomic E-state index is 0.0159. The lowest BCUT2D eigenvalue weighted by molar-refractivity contribution is -0.145. The molecule has 0 radical (unpaired) electrons. The molecule has 322 valence electrons. The molecule has 0 spiro atoms. The molecule has 5 amide bonds. The molecule has 1 aliphatic carbocycles. The second-order valence-corrected chi connectivity index (χ2v) is 15.5.